The van der Waals surface area contributed by atoms with Crippen molar-refractivity contribution in [3.63, 3.8) is 0 Å². The van der Waals surface area contributed by atoms with Gasteiger partial charge in [0.2, 0.25) is 0 Å². The van der Waals surface area contributed by atoms with E-state index in [0.717, 1.165) is 30.8 Å². The first-order valence-electron chi connectivity index (χ1n) is 8.57. The predicted molar refractivity (Wildman–Crippen MR) is 106 cm³/mol. The van der Waals surface area contributed by atoms with Gasteiger partial charge in [0.1, 0.15) is 0 Å². The summed E-state index contributed by atoms with van der Waals surface area (Å²) in [5.41, 5.74) is 4.28. The molecule has 0 spiro atoms. The molecule has 0 heterocycles. The maximum atomic E-state index is 5.40. The number of benzene rings is 2. The first kappa shape index (κ1) is 20.5. The van der Waals surface area contributed by atoms with E-state index < -0.39 is 0 Å². The highest BCUT2D eigenvalue weighted by molar-refractivity contribution is 5.35. The van der Waals surface area contributed by atoms with Crippen molar-refractivity contribution in [3.05, 3.63) is 70.8 Å². The van der Waals surface area contributed by atoms with Crippen LogP contribution in [-0.2, 0) is 17.8 Å². The van der Waals surface area contributed by atoms with Gasteiger partial charge >= 0.3 is 0 Å². The maximum absolute atomic E-state index is 5.40. The molecule has 2 rings (SSSR count). The van der Waals surface area contributed by atoms with Crippen molar-refractivity contribution in [2.24, 2.45) is 0 Å². The normalized spacial score (nSPS) is 9.68. The third kappa shape index (κ3) is 7.27. The molecule has 0 bridgehead atoms. The molecule has 0 aliphatic rings. The van der Waals surface area contributed by atoms with Crippen molar-refractivity contribution in [1.82, 2.24) is 4.90 Å². The highest BCUT2D eigenvalue weighted by Gasteiger charge is 2.07. The summed E-state index contributed by atoms with van der Waals surface area (Å²) < 4.78 is 5.23. The fourth-order valence-electron chi connectivity index (χ4n) is 2.36. The summed E-state index contributed by atoms with van der Waals surface area (Å²) in [7, 11) is 1.72. The van der Waals surface area contributed by atoms with Gasteiger partial charge in [0.15, 0.2) is 0 Å². The quantitative estimate of drug-likeness (QED) is 0.700. The zero-order valence-electron chi connectivity index (χ0n) is 15.5. The SMILES string of the molecule is C#Cc1ccc(CN(CCOC)Cc2ccc(C#C)cc2)cc1.CC. The molecule has 25 heavy (non-hydrogen) atoms. The molecule has 2 aromatic carbocycles. The van der Waals surface area contributed by atoms with E-state index in [1.165, 1.54) is 11.1 Å². The van der Waals surface area contributed by atoms with Crippen LogP contribution in [0.4, 0.5) is 0 Å². The van der Waals surface area contributed by atoms with E-state index in [4.69, 9.17) is 17.6 Å². The van der Waals surface area contributed by atoms with E-state index >= 15 is 0 Å². The molecule has 0 fully saturated rings. The van der Waals surface area contributed by atoms with Gasteiger partial charge in [-0.05, 0) is 35.4 Å². The lowest BCUT2D eigenvalue weighted by atomic mass is 10.1. The van der Waals surface area contributed by atoms with Crippen molar-refractivity contribution in [3.8, 4) is 24.7 Å². The summed E-state index contributed by atoms with van der Waals surface area (Å²) in [5.74, 6) is 5.29. The highest BCUT2D eigenvalue weighted by atomic mass is 16.5. The van der Waals surface area contributed by atoms with E-state index in [1.54, 1.807) is 7.11 Å². The Morgan fingerprint density at radius 3 is 1.52 bits per heavy atom. The van der Waals surface area contributed by atoms with Crippen LogP contribution in [0.1, 0.15) is 36.1 Å². The van der Waals surface area contributed by atoms with Crippen LogP contribution in [0.2, 0.25) is 0 Å². The number of rotatable bonds is 7. The van der Waals surface area contributed by atoms with Crippen LogP contribution in [0.15, 0.2) is 48.5 Å². The van der Waals surface area contributed by atoms with Crippen LogP contribution in [0, 0.1) is 24.7 Å². The molecule has 0 aliphatic heterocycles. The van der Waals surface area contributed by atoms with Crippen molar-refractivity contribution in [2.45, 2.75) is 26.9 Å². The van der Waals surface area contributed by atoms with Crippen LogP contribution < -0.4 is 0 Å². The lowest BCUT2D eigenvalue weighted by Gasteiger charge is -2.22. The van der Waals surface area contributed by atoms with Gasteiger partial charge in [-0.25, -0.2) is 0 Å². The van der Waals surface area contributed by atoms with Gasteiger partial charge in [-0.15, -0.1) is 12.8 Å². The Bertz CT molecular complexity index is 627. The van der Waals surface area contributed by atoms with Crippen molar-refractivity contribution in [2.75, 3.05) is 20.3 Å². The topological polar surface area (TPSA) is 12.5 Å². The number of nitrogens with zero attached hydrogens (tertiary/aromatic N) is 1. The Balaban J connectivity index is 0.00000151. The number of hydrogen-bond donors (Lipinski definition) is 0. The minimum Gasteiger partial charge on any atom is -0.383 e. The van der Waals surface area contributed by atoms with E-state index in [0.29, 0.717) is 6.61 Å². The fourth-order valence-corrected chi connectivity index (χ4v) is 2.36. The molecule has 0 saturated heterocycles. The standard InChI is InChI=1S/C21H21NO.C2H6/c1-4-18-6-10-20(11-7-18)16-22(14-15-23-3)17-21-12-8-19(5-2)9-13-21;1-2/h1-2,6-13H,14-17H2,3H3;1-2H3. The molecular weight excluding hydrogens is 306 g/mol. The molecule has 0 unspecified atom stereocenters. The number of methoxy groups -OCH3 is 1. The molecule has 0 saturated carbocycles. The second-order valence-electron chi connectivity index (χ2n) is 5.39. The lowest BCUT2D eigenvalue weighted by molar-refractivity contribution is 0.140. The molecule has 2 nitrogen and oxygen atoms in total. The summed E-state index contributed by atoms with van der Waals surface area (Å²) in [6.07, 6.45) is 10.8. The zero-order chi connectivity index (χ0) is 18.5. The van der Waals surface area contributed by atoms with Crippen molar-refractivity contribution >= 4 is 0 Å². The maximum Gasteiger partial charge on any atom is 0.0589 e. The average molecular weight is 333 g/mol. The number of ether oxygens (including phenoxy) is 1. The number of hydrogen-bond acceptors (Lipinski definition) is 2. The monoisotopic (exact) mass is 333 g/mol. The molecule has 2 aromatic rings. The Hall–Kier alpha value is -2.52. The van der Waals surface area contributed by atoms with Gasteiger partial charge < -0.3 is 4.74 Å². The molecular formula is C23H27NO. The first-order chi connectivity index (χ1) is 12.2. The molecule has 0 radical (unpaired) electrons. The second-order valence-corrected chi connectivity index (χ2v) is 5.39. The summed E-state index contributed by atoms with van der Waals surface area (Å²) >= 11 is 0. The molecule has 0 aromatic heterocycles. The van der Waals surface area contributed by atoms with E-state index in [1.807, 2.05) is 38.1 Å². The Morgan fingerprint density at radius 1 is 0.800 bits per heavy atom. The molecule has 130 valence electrons. The van der Waals surface area contributed by atoms with Crippen LogP contribution >= 0.6 is 0 Å². The smallest absolute Gasteiger partial charge is 0.0589 e. The average Bonchev–Trinajstić information content (AvgIpc) is 2.69. The lowest BCUT2D eigenvalue weighted by Crippen LogP contribution is -2.26. The molecule has 0 amide bonds. The third-order valence-corrected chi connectivity index (χ3v) is 3.67. The molecule has 2 heteroatoms. The van der Waals surface area contributed by atoms with E-state index in [-0.39, 0.29) is 0 Å². The number of terminal acetylenes is 2. The van der Waals surface area contributed by atoms with Crippen LogP contribution in [0.5, 0.6) is 0 Å². The molecule has 0 aliphatic carbocycles. The largest absolute Gasteiger partial charge is 0.383 e. The van der Waals surface area contributed by atoms with Gasteiger partial charge in [0.25, 0.3) is 0 Å². The van der Waals surface area contributed by atoms with Crippen molar-refractivity contribution in [1.29, 1.82) is 0 Å². The summed E-state index contributed by atoms with van der Waals surface area (Å²) in [6.45, 7) is 7.27. The first-order valence-corrected chi connectivity index (χ1v) is 8.57. The molecule has 0 atom stereocenters. The van der Waals surface area contributed by atoms with Gasteiger partial charge in [0.05, 0.1) is 6.61 Å². The summed E-state index contributed by atoms with van der Waals surface area (Å²) in [5, 5.41) is 0. The highest BCUT2D eigenvalue weighted by Crippen LogP contribution is 2.12. The van der Waals surface area contributed by atoms with E-state index in [2.05, 4.69) is 41.0 Å². The van der Waals surface area contributed by atoms with Crippen LogP contribution in [0.3, 0.4) is 0 Å². The second kappa shape index (κ2) is 11.9. The van der Waals surface area contributed by atoms with E-state index in [9.17, 15) is 0 Å². The van der Waals surface area contributed by atoms with Crippen LogP contribution in [-0.4, -0.2) is 25.2 Å². The zero-order valence-corrected chi connectivity index (χ0v) is 15.5. The minimum atomic E-state index is 0.699. The Morgan fingerprint density at radius 2 is 1.20 bits per heavy atom. The van der Waals surface area contributed by atoms with Crippen molar-refractivity contribution < 1.29 is 4.74 Å². The Kier molecular flexibility index (Phi) is 9.79. The minimum absolute atomic E-state index is 0.699. The third-order valence-electron chi connectivity index (χ3n) is 3.67. The molecule has 0 N–H and O–H groups in total. The Labute approximate surface area is 152 Å². The summed E-state index contributed by atoms with van der Waals surface area (Å²) in [6, 6.07) is 16.2. The fraction of sp³-hybridized carbons (Fsp3) is 0.304. The van der Waals surface area contributed by atoms with Gasteiger partial charge in [-0.1, -0.05) is 50.0 Å². The van der Waals surface area contributed by atoms with Gasteiger partial charge in [0, 0.05) is 37.9 Å². The summed E-state index contributed by atoms with van der Waals surface area (Å²) in [4.78, 5) is 2.35. The van der Waals surface area contributed by atoms with Gasteiger partial charge in [-0.3, -0.25) is 4.90 Å². The van der Waals surface area contributed by atoms with Crippen LogP contribution in [0.25, 0.3) is 0 Å². The van der Waals surface area contributed by atoms with Gasteiger partial charge in [-0.2, -0.15) is 0 Å². The predicted octanol–water partition coefficient (Wildman–Crippen LogP) is 4.32.